The molecule has 17 nitrogen and oxygen atoms in total. The van der Waals surface area contributed by atoms with E-state index in [1.54, 1.807) is 0 Å². The fraction of sp³-hybridized carbons (Fsp3) is 0.459. The van der Waals surface area contributed by atoms with Crippen LogP contribution in [0.15, 0.2) is 45.4 Å². The van der Waals surface area contributed by atoms with E-state index in [1.807, 2.05) is 64.1 Å². The summed E-state index contributed by atoms with van der Waals surface area (Å²) in [5.41, 5.74) is 14.0. The van der Waals surface area contributed by atoms with Crippen molar-refractivity contribution in [2.45, 2.75) is 71.5 Å². The molecule has 0 unspecified atom stereocenters. The Bertz CT molecular complexity index is 2300. The number of carbonyl (C=O) groups is 2. The predicted molar refractivity (Wildman–Crippen MR) is 214 cm³/mol. The van der Waals surface area contributed by atoms with Crippen LogP contribution in [0, 0.1) is 27.7 Å². The second-order valence-electron chi connectivity index (χ2n) is 14.6. The Kier molecular flexibility index (Phi) is 11.8. The number of nitrogens with one attached hydrogen (secondary N) is 4. The van der Waals surface area contributed by atoms with Gasteiger partial charge in [0.05, 0.1) is 46.6 Å². The molecule has 3 fully saturated rings. The van der Waals surface area contributed by atoms with Gasteiger partial charge in [0.25, 0.3) is 0 Å². The van der Waals surface area contributed by atoms with Crippen LogP contribution in [0.25, 0.3) is 22.3 Å². The van der Waals surface area contributed by atoms with Crippen molar-refractivity contribution in [3.05, 3.63) is 59.3 Å². The van der Waals surface area contributed by atoms with Crippen LogP contribution in [0.3, 0.4) is 0 Å². The number of nitrogen functional groups attached to an aromatic ring is 1. The molecule has 4 aromatic rings. The molecule has 0 saturated carbocycles. The van der Waals surface area contributed by atoms with Crippen LogP contribution in [0.2, 0.25) is 0 Å². The van der Waals surface area contributed by atoms with Crippen LogP contribution >= 0.6 is 0 Å². The van der Waals surface area contributed by atoms with Gasteiger partial charge in [0.2, 0.25) is 31.9 Å². The lowest BCUT2D eigenvalue weighted by Gasteiger charge is -2.20. The Hall–Kier alpha value is -4.98. The molecule has 3 saturated heterocycles. The summed E-state index contributed by atoms with van der Waals surface area (Å²) in [6.45, 7) is 9.24. The molecule has 2 aromatic carbocycles. The Morgan fingerprint density at radius 3 is 1.70 bits per heavy atom. The van der Waals surface area contributed by atoms with Crippen molar-refractivity contribution in [1.82, 2.24) is 24.2 Å². The highest BCUT2D eigenvalue weighted by Gasteiger charge is 2.31. The first-order valence-corrected chi connectivity index (χ1v) is 22.0. The van der Waals surface area contributed by atoms with Crippen LogP contribution in [-0.2, 0) is 29.6 Å². The summed E-state index contributed by atoms with van der Waals surface area (Å²) in [7, 11) is -6.39. The second-order valence-corrected chi connectivity index (χ2v) is 18.6. The zero-order chi connectivity index (χ0) is 40.5. The maximum atomic E-state index is 12.8. The number of rotatable bonds is 10. The largest absolute Gasteiger partial charge is 0.397 e. The molecule has 3 atom stereocenters. The highest BCUT2D eigenvalue weighted by atomic mass is 32.2. The molecule has 3 aliphatic heterocycles. The maximum Gasteiger partial charge on any atom is 0.247 e. The van der Waals surface area contributed by atoms with E-state index in [2.05, 4.69) is 31.6 Å². The Morgan fingerprint density at radius 2 is 1.27 bits per heavy atom. The molecule has 5 heterocycles. The summed E-state index contributed by atoms with van der Waals surface area (Å²) < 4.78 is 60.3. The molecule has 6 N–H and O–H groups in total. The number of amides is 2. The quantitative estimate of drug-likeness (QED) is 0.144. The first-order valence-electron chi connectivity index (χ1n) is 18.3. The molecule has 7 rings (SSSR count). The monoisotopic (exact) mass is 811 g/mol. The van der Waals surface area contributed by atoms with Crippen molar-refractivity contribution in [3.8, 4) is 22.3 Å². The number of hydrogen-bond acceptors (Lipinski definition) is 13. The van der Waals surface area contributed by atoms with Gasteiger partial charge in [0.1, 0.15) is 17.6 Å². The fourth-order valence-corrected chi connectivity index (χ4v) is 9.11. The Morgan fingerprint density at radius 1 is 0.768 bits per heavy atom. The van der Waals surface area contributed by atoms with Gasteiger partial charge in [-0.3, -0.25) is 9.59 Å². The van der Waals surface area contributed by atoms with E-state index >= 15 is 0 Å². The van der Waals surface area contributed by atoms with Gasteiger partial charge in [0, 0.05) is 55.8 Å². The normalized spacial score (nSPS) is 20.4. The Balaban J connectivity index is 0.000000198. The van der Waals surface area contributed by atoms with Crippen molar-refractivity contribution in [3.63, 3.8) is 0 Å². The van der Waals surface area contributed by atoms with E-state index in [0.29, 0.717) is 68.3 Å². The summed E-state index contributed by atoms with van der Waals surface area (Å²) in [6, 6.07) is 10.8. The van der Waals surface area contributed by atoms with Crippen molar-refractivity contribution in [2.24, 2.45) is 0 Å². The number of benzene rings is 2. The lowest BCUT2D eigenvalue weighted by molar-refractivity contribution is -0.122. The van der Waals surface area contributed by atoms with Crippen molar-refractivity contribution in [2.75, 3.05) is 60.4 Å². The van der Waals surface area contributed by atoms with Gasteiger partial charge < -0.3 is 36.0 Å². The zero-order valence-electron chi connectivity index (χ0n) is 32.3. The molecule has 19 heteroatoms. The molecular formula is C37H49N9O8S2. The van der Waals surface area contributed by atoms with Crippen LogP contribution in [0.4, 0.5) is 22.7 Å². The van der Waals surface area contributed by atoms with Crippen LogP contribution < -0.4 is 27.0 Å². The lowest BCUT2D eigenvalue weighted by atomic mass is 10.0. The average molecular weight is 812 g/mol. The first kappa shape index (κ1) is 40.7. The molecule has 0 bridgehead atoms. The van der Waals surface area contributed by atoms with Gasteiger partial charge in [-0.25, -0.2) is 25.4 Å². The van der Waals surface area contributed by atoms with Crippen molar-refractivity contribution < 1.29 is 35.5 Å². The summed E-state index contributed by atoms with van der Waals surface area (Å²) in [6.07, 6.45) is 4.63. The van der Waals surface area contributed by atoms with Crippen LogP contribution in [0.1, 0.15) is 48.6 Å². The SMILES string of the molecule is Cc1noc(C)c1-c1ccc(N[C@@H]2CCN(S(C)(=O)=O)C2)c(N)c1.Cc1noc(C)c1-c1ccc(N[C@@H]2CCN(S(C)(=O)=O)C2)c(NC(=O)[C@@H]2CCC(=O)N2)c1. The molecule has 2 aromatic heterocycles. The Labute approximate surface area is 326 Å². The summed E-state index contributed by atoms with van der Waals surface area (Å²) in [5.74, 6) is 0.995. The van der Waals surface area contributed by atoms with E-state index in [0.717, 1.165) is 51.5 Å². The van der Waals surface area contributed by atoms with Gasteiger partial charge in [-0.1, -0.05) is 22.4 Å². The van der Waals surface area contributed by atoms with Crippen LogP contribution in [0.5, 0.6) is 0 Å². The zero-order valence-corrected chi connectivity index (χ0v) is 33.9. The molecule has 0 spiro atoms. The maximum absolute atomic E-state index is 12.8. The van der Waals surface area contributed by atoms with Gasteiger partial charge in [0.15, 0.2) is 0 Å². The molecule has 302 valence electrons. The minimum Gasteiger partial charge on any atom is -0.397 e. The van der Waals surface area contributed by atoms with E-state index in [-0.39, 0.29) is 23.9 Å². The number of carbonyl (C=O) groups excluding carboxylic acids is 2. The van der Waals surface area contributed by atoms with E-state index in [4.69, 9.17) is 14.8 Å². The average Bonchev–Trinajstić information content (AvgIpc) is 3.97. The minimum absolute atomic E-state index is 0.0620. The third-order valence-electron chi connectivity index (χ3n) is 10.2. The number of hydrogen-bond donors (Lipinski definition) is 5. The highest BCUT2D eigenvalue weighted by molar-refractivity contribution is 7.88. The third kappa shape index (κ3) is 9.34. The topological polar surface area (TPSA) is 235 Å². The van der Waals surface area contributed by atoms with Crippen molar-refractivity contribution in [1.29, 1.82) is 0 Å². The lowest BCUT2D eigenvalue weighted by Crippen LogP contribution is -2.37. The molecule has 56 heavy (non-hydrogen) atoms. The molecule has 2 amide bonds. The van der Waals surface area contributed by atoms with E-state index in [9.17, 15) is 26.4 Å². The fourth-order valence-electron chi connectivity index (χ4n) is 7.33. The summed E-state index contributed by atoms with van der Waals surface area (Å²) in [5, 5.41) is 20.3. The summed E-state index contributed by atoms with van der Waals surface area (Å²) in [4.78, 5) is 24.3. The number of nitrogens with two attached hydrogens (primary N) is 1. The second kappa shape index (κ2) is 16.2. The molecule has 3 aliphatic rings. The standard InChI is InChI=1S/C21H27N5O5S.C16H22N4O3S/c1-12-20(13(2)31-25-12)14-4-5-16(22-15-8-9-26(11-15)32(3,29)30)18(10-14)24-21(28)17-6-7-19(27)23-17;1-10-16(11(2)23-19-10)12-4-5-15(14(17)8-12)18-13-6-7-20(9-13)24(3,21)22/h4-5,10,15,17,22H,6-9,11H2,1-3H3,(H,23,27)(H,24,28);4-5,8,13,18H,6-7,9,17H2,1-3H3/t15-,17+;13-/m11/s1. The summed E-state index contributed by atoms with van der Waals surface area (Å²) >= 11 is 0. The van der Waals surface area contributed by atoms with Gasteiger partial charge in [-0.15, -0.1) is 0 Å². The molecule has 0 radical (unpaired) electrons. The number of nitrogens with zero attached hydrogens (tertiary/aromatic N) is 4. The van der Waals surface area contributed by atoms with Crippen molar-refractivity contribution >= 4 is 54.6 Å². The molecule has 0 aliphatic carbocycles. The van der Waals surface area contributed by atoms with Gasteiger partial charge >= 0.3 is 0 Å². The number of aromatic nitrogens is 2. The molecular weight excluding hydrogens is 763 g/mol. The first-order chi connectivity index (χ1) is 26.4. The minimum atomic E-state index is -3.25. The highest BCUT2D eigenvalue weighted by Crippen LogP contribution is 2.35. The van der Waals surface area contributed by atoms with E-state index in [1.165, 1.54) is 21.1 Å². The number of sulfonamides is 2. The van der Waals surface area contributed by atoms with E-state index < -0.39 is 26.1 Å². The third-order valence-corrected chi connectivity index (χ3v) is 12.8. The van der Waals surface area contributed by atoms with Gasteiger partial charge in [-0.05, 0) is 82.3 Å². The number of anilines is 4. The predicted octanol–water partition coefficient (Wildman–Crippen LogP) is 3.61. The number of aryl methyl sites for hydroxylation is 4. The van der Waals surface area contributed by atoms with Crippen LogP contribution in [-0.4, -0.2) is 104 Å². The smallest absolute Gasteiger partial charge is 0.247 e. The van der Waals surface area contributed by atoms with Gasteiger partial charge in [-0.2, -0.15) is 0 Å².